The molecule has 0 saturated heterocycles. The molecule has 0 spiro atoms. The Labute approximate surface area is 185 Å². The quantitative estimate of drug-likeness (QED) is 0.445. The molecule has 0 amide bonds. The number of nitrogens with zero attached hydrogens (tertiary/aromatic N) is 3. The summed E-state index contributed by atoms with van der Waals surface area (Å²) in [7, 11) is 3.62. The minimum absolute atomic E-state index is 0.105. The highest BCUT2D eigenvalue weighted by Crippen LogP contribution is 2.36. The van der Waals surface area contributed by atoms with Gasteiger partial charge in [0, 0.05) is 30.7 Å². The monoisotopic (exact) mass is 435 g/mol. The van der Waals surface area contributed by atoms with Gasteiger partial charge in [0.15, 0.2) is 0 Å². The molecule has 7 nitrogen and oxygen atoms in total. The highest BCUT2D eigenvalue weighted by atomic mass is 35.5. The van der Waals surface area contributed by atoms with Crippen molar-refractivity contribution in [1.29, 1.82) is 0 Å². The van der Waals surface area contributed by atoms with Gasteiger partial charge in [0.2, 0.25) is 5.95 Å². The Bertz CT molecular complexity index is 1230. The van der Waals surface area contributed by atoms with Crippen LogP contribution < -0.4 is 25.8 Å². The molecule has 1 aromatic heterocycles. The third-order valence-electron chi connectivity index (χ3n) is 4.82. The number of anilines is 3. The van der Waals surface area contributed by atoms with Crippen LogP contribution in [0.1, 0.15) is 5.56 Å². The predicted octanol–water partition coefficient (Wildman–Crippen LogP) is 4.88. The molecule has 0 unspecified atom stereocenters. The Hall–Kier alpha value is -3.71. The number of fused-ring (bicyclic) bond motifs is 1. The van der Waals surface area contributed by atoms with Crippen LogP contribution in [-0.4, -0.2) is 24.1 Å². The number of benzene rings is 3. The molecule has 4 N–H and O–H groups in total. The summed E-state index contributed by atoms with van der Waals surface area (Å²) in [6.45, 7) is 0.629. The minimum Gasteiger partial charge on any atom is -0.497 e. The lowest BCUT2D eigenvalue weighted by molar-refractivity contribution is 0.414. The third kappa shape index (κ3) is 4.57. The molecule has 0 saturated carbocycles. The van der Waals surface area contributed by atoms with E-state index >= 15 is 0 Å². The van der Waals surface area contributed by atoms with E-state index in [2.05, 4.69) is 14.9 Å². The topological polar surface area (TPSA) is 99.5 Å². The van der Waals surface area contributed by atoms with Gasteiger partial charge in [-0.15, -0.1) is 0 Å². The maximum Gasteiger partial charge on any atom is 0.222 e. The normalized spacial score (nSPS) is 10.8. The molecule has 3 aromatic carbocycles. The highest BCUT2D eigenvalue weighted by Gasteiger charge is 2.16. The van der Waals surface area contributed by atoms with Crippen LogP contribution in [0.4, 0.5) is 17.5 Å². The van der Waals surface area contributed by atoms with Crippen molar-refractivity contribution in [2.75, 3.05) is 30.5 Å². The predicted molar refractivity (Wildman–Crippen MR) is 125 cm³/mol. The second-order valence-electron chi connectivity index (χ2n) is 7.07. The Morgan fingerprint density at radius 3 is 2.42 bits per heavy atom. The van der Waals surface area contributed by atoms with Gasteiger partial charge >= 0.3 is 0 Å². The third-order valence-corrected chi connectivity index (χ3v) is 5.05. The molecule has 1 heterocycles. The first kappa shape index (κ1) is 20.6. The van der Waals surface area contributed by atoms with Crippen LogP contribution in [0.25, 0.3) is 10.9 Å². The van der Waals surface area contributed by atoms with E-state index in [-0.39, 0.29) is 5.95 Å². The molecule has 4 aromatic rings. The largest absolute Gasteiger partial charge is 0.497 e. The zero-order valence-electron chi connectivity index (χ0n) is 17.2. The van der Waals surface area contributed by atoms with Crippen LogP contribution in [0.2, 0.25) is 5.02 Å². The van der Waals surface area contributed by atoms with Crippen molar-refractivity contribution in [3.8, 4) is 17.2 Å². The second kappa shape index (κ2) is 8.57. The molecule has 0 atom stereocenters. The van der Waals surface area contributed by atoms with E-state index in [1.807, 2.05) is 49.5 Å². The van der Waals surface area contributed by atoms with Crippen molar-refractivity contribution in [2.45, 2.75) is 6.54 Å². The number of hydrogen-bond donors (Lipinski definition) is 2. The van der Waals surface area contributed by atoms with Gasteiger partial charge in [0.25, 0.3) is 0 Å². The fraction of sp³-hybridized carbons (Fsp3) is 0.130. The standard InChI is InChI=1S/C23H22ClN5O2/c1-29(13-14-6-8-16(30-2)9-7-14)20-12-18(31-17-5-3-4-15(24)10-17)11-19-21(20)22(25)28-23(26)27-19/h3-12H,13H2,1-2H3,(H4,25,26,27,28). The molecule has 0 bridgehead atoms. The number of nitrogens with two attached hydrogens (primary N) is 2. The second-order valence-corrected chi connectivity index (χ2v) is 7.50. The molecule has 0 aliphatic heterocycles. The SMILES string of the molecule is COc1ccc(CN(C)c2cc(Oc3cccc(Cl)c3)cc3nc(N)nc(N)c23)cc1. The number of methoxy groups -OCH3 is 1. The van der Waals surface area contributed by atoms with Crippen LogP contribution in [0.15, 0.2) is 60.7 Å². The Morgan fingerprint density at radius 2 is 1.71 bits per heavy atom. The molecular formula is C23H22ClN5O2. The summed E-state index contributed by atoms with van der Waals surface area (Å²) in [6, 6.07) is 18.8. The summed E-state index contributed by atoms with van der Waals surface area (Å²) in [5.74, 6) is 2.43. The van der Waals surface area contributed by atoms with Gasteiger partial charge in [-0.3, -0.25) is 0 Å². The van der Waals surface area contributed by atoms with E-state index in [1.54, 1.807) is 25.3 Å². The summed E-state index contributed by atoms with van der Waals surface area (Å²) < 4.78 is 11.3. The highest BCUT2D eigenvalue weighted by molar-refractivity contribution is 6.30. The van der Waals surface area contributed by atoms with E-state index in [4.69, 9.17) is 32.5 Å². The molecular weight excluding hydrogens is 414 g/mol. The summed E-state index contributed by atoms with van der Waals surface area (Å²) >= 11 is 6.09. The molecule has 8 heteroatoms. The summed E-state index contributed by atoms with van der Waals surface area (Å²) in [4.78, 5) is 10.6. The maximum atomic E-state index is 6.22. The summed E-state index contributed by atoms with van der Waals surface area (Å²) in [6.07, 6.45) is 0. The van der Waals surface area contributed by atoms with Gasteiger partial charge in [-0.2, -0.15) is 4.98 Å². The lowest BCUT2D eigenvalue weighted by Gasteiger charge is -2.23. The van der Waals surface area contributed by atoms with Crippen molar-refractivity contribution in [2.24, 2.45) is 0 Å². The molecule has 0 fully saturated rings. The molecule has 158 valence electrons. The van der Waals surface area contributed by atoms with E-state index in [1.165, 1.54) is 0 Å². The first-order valence-corrected chi connectivity index (χ1v) is 9.95. The van der Waals surface area contributed by atoms with E-state index in [0.29, 0.717) is 39.8 Å². The number of aromatic nitrogens is 2. The molecule has 4 rings (SSSR count). The molecule has 0 radical (unpaired) electrons. The fourth-order valence-electron chi connectivity index (χ4n) is 3.38. The average molecular weight is 436 g/mol. The van der Waals surface area contributed by atoms with Crippen molar-refractivity contribution in [1.82, 2.24) is 9.97 Å². The van der Waals surface area contributed by atoms with Crippen LogP contribution in [0.5, 0.6) is 17.2 Å². The van der Waals surface area contributed by atoms with Crippen molar-refractivity contribution in [3.05, 3.63) is 71.2 Å². The first-order chi connectivity index (χ1) is 14.9. The van der Waals surface area contributed by atoms with Gasteiger partial charge < -0.3 is 25.8 Å². The van der Waals surface area contributed by atoms with E-state index in [0.717, 1.165) is 17.0 Å². The Kier molecular flexibility index (Phi) is 5.68. The zero-order valence-corrected chi connectivity index (χ0v) is 17.9. The van der Waals surface area contributed by atoms with Crippen molar-refractivity contribution >= 4 is 40.0 Å². The zero-order chi connectivity index (χ0) is 22.0. The average Bonchev–Trinajstić information content (AvgIpc) is 2.73. The Morgan fingerprint density at radius 1 is 0.935 bits per heavy atom. The fourth-order valence-corrected chi connectivity index (χ4v) is 3.56. The summed E-state index contributed by atoms with van der Waals surface area (Å²) in [5, 5.41) is 1.30. The number of halogens is 1. The minimum atomic E-state index is 0.105. The number of rotatable bonds is 6. The van der Waals surface area contributed by atoms with Crippen LogP contribution in [0, 0.1) is 0 Å². The molecule has 0 aliphatic carbocycles. The number of nitrogen functional groups attached to an aromatic ring is 2. The van der Waals surface area contributed by atoms with Crippen LogP contribution in [0.3, 0.4) is 0 Å². The lowest BCUT2D eigenvalue weighted by Crippen LogP contribution is -2.17. The van der Waals surface area contributed by atoms with Crippen molar-refractivity contribution < 1.29 is 9.47 Å². The van der Waals surface area contributed by atoms with Crippen molar-refractivity contribution in [3.63, 3.8) is 0 Å². The van der Waals surface area contributed by atoms with Gasteiger partial charge in [0.1, 0.15) is 23.1 Å². The maximum absolute atomic E-state index is 6.22. The van der Waals surface area contributed by atoms with Crippen LogP contribution >= 0.6 is 11.6 Å². The Balaban J connectivity index is 1.75. The lowest BCUT2D eigenvalue weighted by atomic mass is 10.1. The smallest absolute Gasteiger partial charge is 0.222 e. The summed E-state index contributed by atoms with van der Waals surface area (Å²) in [5.41, 5.74) is 14.6. The number of hydrogen-bond acceptors (Lipinski definition) is 7. The van der Waals surface area contributed by atoms with E-state index < -0.39 is 0 Å². The molecule has 0 aliphatic rings. The van der Waals surface area contributed by atoms with Gasteiger partial charge in [-0.05, 0) is 35.9 Å². The van der Waals surface area contributed by atoms with Crippen LogP contribution in [-0.2, 0) is 6.54 Å². The first-order valence-electron chi connectivity index (χ1n) is 9.57. The molecule has 31 heavy (non-hydrogen) atoms. The van der Waals surface area contributed by atoms with Gasteiger partial charge in [0.05, 0.1) is 23.7 Å². The van der Waals surface area contributed by atoms with Gasteiger partial charge in [-0.1, -0.05) is 29.8 Å². The van der Waals surface area contributed by atoms with Gasteiger partial charge in [-0.25, -0.2) is 4.98 Å². The van der Waals surface area contributed by atoms with E-state index in [9.17, 15) is 0 Å². The number of ether oxygens (including phenoxy) is 2.